The zero-order chi connectivity index (χ0) is 23.9. The van der Waals surface area contributed by atoms with E-state index in [1.54, 1.807) is 0 Å². The number of rotatable bonds is 6. The zero-order valence-corrected chi connectivity index (χ0v) is 17.3. The van der Waals surface area contributed by atoms with E-state index in [4.69, 9.17) is 0 Å². The molecular formula is C23H20F2N2O6. The minimum absolute atomic E-state index is 0.0424. The second kappa shape index (κ2) is 8.61. The number of benzene rings is 2. The fourth-order valence-electron chi connectivity index (χ4n) is 4.60. The highest BCUT2D eigenvalue weighted by molar-refractivity contribution is 6.03. The Morgan fingerprint density at radius 1 is 0.939 bits per heavy atom. The molecule has 2 aliphatic rings. The van der Waals surface area contributed by atoms with Crippen molar-refractivity contribution in [3.63, 3.8) is 0 Å². The maximum Gasteiger partial charge on any atom is 0.327 e. The number of carboxylic acid groups (broad SMARTS) is 2. The first-order valence-electron chi connectivity index (χ1n) is 10.3. The van der Waals surface area contributed by atoms with Crippen LogP contribution in [0.3, 0.4) is 0 Å². The summed E-state index contributed by atoms with van der Waals surface area (Å²) < 4.78 is 28.6. The summed E-state index contributed by atoms with van der Waals surface area (Å²) in [4.78, 5) is 50.2. The molecular weight excluding hydrogens is 438 g/mol. The fraction of sp³-hybridized carbons (Fsp3) is 0.304. The number of hydrogen-bond donors (Lipinski definition) is 2. The number of hydrogen-bond acceptors (Lipinski definition) is 4. The van der Waals surface area contributed by atoms with Crippen LogP contribution in [-0.2, 0) is 25.6 Å². The Balaban J connectivity index is 1.59. The summed E-state index contributed by atoms with van der Waals surface area (Å²) >= 11 is 0. The Morgan fingerprint density at radius 2 is 1.67 bits per heavy atom. The molecule has 0 bridgehead atoms. The highest BCUT2D eigenvalue weighted by Crippen LogP contribution is 2.35. The number of aliphatic carboxylic acids is 2. The smallest absolute Gasteiger partial charge is 0.327 e. The van der Waals surface area contributed by atoms with E-state index in [1.807, 2.05) is 0 Å². The molecule has 10 heteroatoms. The van der Waals surface area contributed by atoms with Crippen molar-refractivity contribution in [1.29, 1.82) is 0 Å². The minimum atomic E-state index is -1.31. The number of amides is 2. The first kappa shape index (κ1) is 22.4. The van der Waals surface area contributed by atoms with Crippen molar-refractivity contribution in [3.8, 4) is 0 Å². The summed E-state index contributed by atoms with van der Waals surface area (Å²) in [7, 11) is 0. The van der Waals surface area contributed by atoms with Crippen LogP contribution < -0.4 is 9.80 Å². The van der Waals surface area contributed by atoms with E-state index in [-0.39, 0.29) is 42.6 Å². The Bertz CT molecular complexity index is 1150. The number of nitrogens with zero attached hydrogens (tertiary/aromatic N) is 2. The minimum Gasteiger partial charge on any atom is -0.480 e. The maximum absolute atomic E-state index is 14.9. The molecule has 2 heterocycles. The summed E-state index contributed by atoms with van der Waals surface area (Å²) in [5.74, 6) is -5.55. The van der Waals surface area contributed by atoms with Gasteiger partial charge in [-0.15, -0.1) is 0 Å². The molecule has 2 fully saturated rings. The van der Waals surface area contributed by atoms with Crippen molar-refractivity contribution in [3.05, 3.63) is 59.7 Å². The van der Waals surface area contributed by atoms with Gasteiger partial charge in [-0.2, -0.15) is 0 Å². The van der Waals surface area contributed by atoms with Gasteiger partial charge in [-0.1, -0.05) is 12.1 Å². The summed E-state index contributed by atoms with van der Waals surface area (Å²) in [5.41, 5.74) is 0.338. The third kappa shape index (κ3) is 4.15. The van der Waals surface area contributed by atoms with Crippen LogP contribution in [0.5, 0.6) is 0 Å². The SMILES string of the molecule is O=C(O)[C@@H]1C(Cc2ccc(N3C(=O)CC[C@H]3C(=O)O)cc2F)CC(=O)N1c1cccc(F)c1. The normalized spacial score (nSPS) is 22.8. The van der Waals surface area contributed by atoms with Crippen molar-refractivity contribution >= 4 is 35.1 Å². The molecule has 0 aliphatic carbocycles. The van der Waals surface area contributed by atoms with E-state index in [0.29, 0.717) is 0 Å². The van der Waals surface area contributed by atoms with Crippen LogP contribution in [0.2, 0.25) is 0 Å². The molecule has 2 N–H and O–H groups in total. The summed E-state index contributed by atoms with van der Waals surface area (Å²) in [6.45, 7) is 0. The molecule has 8 nitrogen and oxygen atoms in total. The molecule has 2 aromatic rings. The quantitative estimate of drug-likeness (QED) is 0.688. The molecule has 0 saturated carbocycles. The van der Waals surface area contributed by atoms with Crippen molar-refractivity contribution < 1.29 is 38.2 Å². The van der Waals surface area contributed by atoms with Gasteiger partial charge in [0.15, 0.2) is 0 Å². The van der Waals surface area contributed by atoms with Crippen molar-refractivity contribution in [1.82, 2.24) is 0 Å². The Labute approximate surface area is 187 Å². The van der Waals surface area contributed by atoms with E-state index < -0.39 is 53.4 Å². The van der Waals surface area contributed by atoms with Gasteiger partial charge in [0, 0.05) is 30.1 Å². The van der Waals surface area contributed by atoms with Crippen LogP contribution >= 0.6 is 0 Å². The topological polar surface area (TPSA) is 115 Å². The fourth-order valence-corrected chi connectivity index (χ4v) is 4.60. The van der Waals surface area contributed by atoms with Gasteiger partial charge in [0.25, 0.3) is 0 Å². The highest BCUT2D eigenvalue weighted by atomic mass is 19.1. The average Bonchev–Trinajstić information content (AvgIpc) is 3.29. The molecule has 2 aromatic carbocycles. The first-order valence-corrected chi connectivity index (χ1v) is 10.3. The Morgan fingerprint density at radius 3 is 2.30 bits per heavy atom. The number of carbonyl (C=O) groups excluding carboxylic acids is 2. The van der Waals surface area contributed by atoms with Crippen LogP contribution in [0.1, 0.15) is 24.8 Å². The van der Waals surface area contributed by atoms with Gasteiger partial charge in [-0.05, 0) is 48.7 Å². The van der Waals surface area contributed by atoms with Crippen LogP contribution in [0.15, 0.2) is 42.5 Å². The van der Waals surface area contributed by atoms with Gasteiger partial charge in [-0.3, -0.25) is 19.4 Å². The summed E-state index contributed by atoms with van der Waals surface area (Å²) in [5, 5.41) is 19.1. The number of carboxylic acids is 2. The molecule has 1 unspecified atom stereocenters. The number of anilines is 2. The molecule has 2 amide bonds. The van der Waals surface area contributed by atoms with Gasteiger partial charge in [0.05, 0.1) is 0 Å². The maximum atomic E-state index is 14.9. The van der Waals surface area contributed by atoms with Gasteiger partial charge in [0.1, 0.15) is 23.7 Å². The second-order valence-corrected chi connectivity index (χ2v) is 8.13. The van der Waals surface area contributed by atoms with Crippen molar-refractivity contribution in [2.45, 2.75) is 37.8 Å². The first-order chi connectivity index (χ1) is 15.7. The standard InChI is InChI=1S/C23H20F2N2O6/c24-14-2-1-3-15(10-14)27-20(29)9-13(21(27)23(32)33)8-12-4-5-16(11-17(12)25)26-18(22(30)31)6-7-19(26)28/h1-5,10-11,13,18,21H,6-9H2,(H,30,31)(H,32,33)/t13?,18-,21-/m0/s1. The molecule has 3 atom stereocenters. The largest absolute Gasteiger partial charge is 0.480 e. The van der Waals surface area contributed by atoms with E-state index in [9.17, 15) is 38.2 Å². The second-order valence-electron chi connectivity index (χ2n) is 8.13. The molecule has 0 radical (unpaired) electrons. The molecule has 0 aromatic heterocycles. The monoisotopic (exact) mass is 458 g/mol. The third-order valence-corrected chi connectivity index (χ3v) is 6.06. The van der Waals surface area contributed by atoms with Crippen LogP contribution in [0, 0.1) is 17.6 Å². The average molecular weight is 458 g/mol. The molecule has 0 spiro atoms. The number of halogens is 2. The molecule has 4 rings (SSSR count). The van der Waals surface area contributed by atoms with Gasteiger partial charge in [0.2, 0.25) is 11.8 Å². The third-order valence-electron chi connectivity index (χ3n) is 6.06. The predicted octanol–water partition coefficient (Wildman–Crippen LogP) is 2.59. The molecule has 33 heavy (non-hydrogen) atoms. The van der Waals surface area contributed by atoms with Crippen LogP contribution in [-0.4, -0.2) is 46.0 Å². The Hall–Kier alpha value is -3.82. The van der Waals surface area contributed by atoms with Crippen LogP contribution in [0.4, 0.5) is 20.2 Å². The van der Waals surface area contributed by atoms with Crippen LogP contribution in [0.25, 0.3) is 0 Å². The molecule has 2 aliphatic heterocycles. The van der Waals surface area contributed by atoms with Gasteiger partial charge in [-0.25, -0.2) is 18.4 Å². The Kier molecular flexibility index (Phi) is 5.84. The predicted molar refractivity (Wildman–Crippen MR) is 112 cm³/mol. The molecule has 2 saturated heterocycles. The van der Waals surface area contributed by atoms with E-state index in [1.165, 1.54) is 30.3 Å². The van der Waals surface area contributed by atoms with Crippen molar-refractivity contribution in [2.75, 3.05) is 9.80 Å². The van der Waals surface area contributed by atoms with Gasteiger partial charge < -0.3 is 10.2 Å². The van der Waals surface area contributed by atoms with Gasteiger partial charge >= 0.3 is 11.9 Å². The lowest BCUT2D eigenvalue weighted by molar-refractivity contribution is -0.140. The lowest BCUT2D eigenvalue weighted by Crippen LogP contribution is -2.42. The lowest BCUT2D eigenvalue weighted by Gasteiger charge is -2.25. The van der Waals surface area contributed by atoms with E-state index in [2.05, 4.69) is 0 Å². The van der Waals surface area contributed by atoms with Crippen molar-refractivity contribution in [2.24, 2.45) is 5.92 Å². The van der Waals surface area contributed by atoms with E-state index in [0.717, 1.165) is 21.9 Å². The summed E-state index contributed by atoms with van der Waals surface area (Å²) in [6.07, 6.45) is -0.0873. The lowest BCUT2D eigenvalue weighted by atomic mass is 9.91. The van der Waals surface area contributed by atoms with E-state index >= 15 is 0 Å². The zero-order valence-electron chi connectivity index (χ0n) is 17.3. The molecule has 172 valence electrons. The summed E-state index contributed by atoms with van der Waals surface area (Å²) in [6, 6.07) is 6.48. The number of carbonyl (C=O) groups is 4. The highest BCUT2D eigenvalue weighted by Gasteiger charge is 2.45.